The van der Waals surface area contributed by atoms with E-state index < -0.39 is 0 Å². The number of halogens is 1. The summed E-state index contributed by atoms with van der Waals surface area (Å²) >= 11 is 0. The highest BCUT2D eigenvalue weighted by molar-refractivity contribution is 14.0. The van der Waals surface area contributed by atoms with E-state index in [9.17, 15) is 0 Å². The maximum absolute atomic E-state index is 5.71. The molecule has 164 valence electrons. The molecule has 1 unspecified atom stereocenters. The molecule has 7 heteroatoms. The molecule has 0 spiro atoms. The van der Waals surface area contributed by atoms with Gasteiger partial charge in [-0.25, -0.2) is 0 Å². The van der Waals surface area contributed by atoms with Crippen LogP contribution in [0.4, 0.5) is 0 Å². The van der Waals surface area contributed by atoms with E-state index in [-0.39, 0.29) is 24.0 Å². The Morgan fingerprint density at radius 1 is 1.07 bits per heavy atom. The van der Waals surface area contributed by atoms with Crippen LogP contribution in [0.15, 0.2) is 4.99 Å². The minimum atomic E-state index is 0. The zero-order chi connectivity index (χ0) is 18.7. The fourth-order valence-corrected chi connectivity index (χ4v) is 4.61. The molecular weight excluding hydrogens is 467 g/mol. The van der Waals surface area contributed by atoms with Crippen LogP contribution >= 0.6 is 24.0 Å². The molecule has 0 aromatic rings. The molecule has 0 bridgehead atoms. The van der Waals surface area contributed by atoms with Crippen molar-refractivity contribution in [2.75, 3.05) is 53.0 Å². The van der Waals surface area contributed by atoms with E-state index in [0.717, 1.165) is 31.4 Å². The van der Waals surface area contributed by atoms with E-state index in [1.165, 1.54) is 71.0 Å². The topological polar surface area (TPSA) is 58.1 Å². The predicted molar refractivity (Wildman–Crippen MR) is 126 cm³/mol. The Labute approximate surface area is 188 Å². The Bertz CT molecular complexity index is 432. The van der Waals surface area contributed by atoms with Crippen LogP contribution in [-0.2, 0) is 9.47 Å². The average Bonchev–Trinajstić information content (AvgIpc) is 3.22. The van der Waals surface area contributed by atoms with Gasteiger partial charge in [-0.05, 0) is 44.4 Å². The summed E-state index contributed by atoms with van der Waals surface area (Å²) in [4.78, 5) is 7.05. The smallest absolute Gasteiger partial charge is 0.191 e. The second kappa shape index (κ2) is 14.0. The summed E-state index contributed by atoms with van der Waals surface area (Å²) in [6, 6.07) is 0.534. The molecule has 3 aliphatic rings. The van der Waals surface area contributed by atoms with E-state index in [1.54, 1.807) is 0 Å². The van der Waals surface area contributed by atoms with Crippen molar-refractivity contribution in [2.45, 2.75) is 69.9 Å². The van der Waals surface area contributed by atoms with E-state index in [1.807, 2.05) is 7.05 Å². The first kappa shape index (κ1) is 24.2. The van der Waals surface area contributed by atoms with Crippen LogP contribution in [0.25, 0.3) is 0 Å². The van der Waals surface area contributed by atoms with Crippen molar-refractivity contribution in [3.05, 3.63) is 0 Å². The lowest BCUT2D eigenvalue weighted by atomic mass is 9.88. The fourth-order valence-electron chi connectivity index (χ4n) is 4.61. The fraction of sp³-hybridized carbons (Fsp3) is 0.952. The second-order valence-corrected chi connectivity index (χ2v) is 8.43. The predicted octanol–water partition coefficient (Wildman–Crippen LogP) is 3.01. The second-order valence-electron chi connectivity index (χ2n) is 8.43. The zero-order valence-corrected chi connectivity index (χ0v) is 20.0. The van der Waals surface area contributed by atoms with Crippen LogP contribution in [-0.4, -0.2) is 76.1 Å². The Morgan fingerprint density at radius 3 is 2.54 bits per heavy atom. The Morgan fingerprint density at radius 2 is 1.86 bits per heavy atom. The van der Waals surface area contributed by atoms with Crippen molar-refractivity contribution >= 4 is 29.9 Å². The molecule has 2 heterocycles. The molecule has 28 heavy (non-hydrogen) atoms. The summed E-state index contributed by atoms with van der Waals surface area (Å²) in [5.41, 5.74) is 0. The normalized spacial score (nSPS) is 25.5. The van der Waals surface area contributed by atoms with Crippen molar-refractivity contribution in [3.8, 4) is 0 Å². The summed E-state index contributed by atoms with van der Waals surface area (Å²) in [5.74, 6) is 1.86. The van der Waals surface area contributed by atoms with Crippen LogP contribution in [0, 0.1) is 5.92 Å². The van der Waals surface area contributed by atoms with Crippen molar-refractivity contribution < 1.29 is 9.47 Å². The van der Waals surface area contributed by atoms with Gasteiger partial charge in [0.25, 0.3) is 0 Å². The van der Waals surface area contributed by atoms with Crippen molar-refractivity contribution in [1.29, 1.82) is 0 Å². The largest absolute Gasteiger partial charge is 0.377 e. The number of likely N-dealkylation sites (tertiary alicyclic amines) is 1. The van der Waals surface area contributed by atoms with Crippen LogP contribution in [0.2, 0.25) is 0 Å². The van der Waals surface area contributed by atoms with Crippen molar-refractivity contribution in [1.82, 2.24) is 15.5 Å². The van der Waals surface area contributed by atoms with Gasteiger partial charge in [0.15, 0.2) is 5.96 Å². The van der Waals surface area contributed by atoms with Crippen LogP contribution in [0.3, 0.4) is 0 Å². The molecular formula is C21H41IN4O2. The average molecular weight is 508 g/mol. The van der Waals surface area contributed by atoms with E-state index >= 15 is 0 Å². The van der Waals surface area contributed by atoms with Gasteiger partial charge in [-0.15, -0.1) is 24.0 Å². The highest BCUT2D eigenvalue weighted by Gasteiger charge is 2.23. The molecule has 3 fully saturated rings. The molecule has 0 amide bonds. The van der Waals surface area contributed by atoms with Crippen molar-refractivity contribution in [2.24, 2.45) is 10.9 Å². The van der Waals surface area contributed by atoms with E-state index in [4.69, 9.17) is 9.47 Å². The molecule has 0 aromatic carbocycles. The summed E-state index contributed by atoms with van der Waals surface area (Å²) in [6.07, 6.45) is 12.3. The van der Waals surface area contributed by atoms with Crippen LogP contribution < -0.4 is 10.6 Å². The summed E-state index contributed by atoms with van der Waals surface area (Å²) in [6.45, 7) is 6.84. The number of ether oxygens (including phenoxy) is 2. The van der Waals surface area contributed by atoms with Gasteiger partial charge in [-0.1, -0.05) is 19.3 Å². The maximum Gasteiger partial charge on any atom is 0.191 e. The zero-order valence-electron chi connectivity index (χ0n) is 17.7. The number of piperidine rings is 1. The quantitative estimate of drug-likeness (QED) is 0.229. The number of guanidine groups is 1. The third-order valence-electron chi connectivity index (χ3n) is 6.26. The molecule has 2 aliphatic heterocycles. The first-order valence-electron chi connectivity index (χ1n) is 11.2. The van der Waals surface area contributed by atoms with E-state index in [2.05, 4.69) is 20.5 Å². The van der Waals surface area contributed by atoms with Gasteiger partial charge in [-0.2, -0.15) is 0 Å². The summed E-state index contributed by atoms with van der Waals surface area (Å²) in [7, 11) is 1.85. The first-order valence-corrected chi connectivity index (χ1v) is 11.2. The number of hydrogen-bond acceptors (Lipinski definition) is 4. The van der Waals surface area contributed by atoms with Gasteiger partial charge in [-0.3, -0.25) is 4.99 Å². The number of aliphatic imine (C=N–C) groups is 1. The lowest BCUT2D eigenvalue weighted by molar-refractivity contribution is 0.0191. The molecule has 1 aliphatic carbocycles. The van der Waals surface area contributed by atoms with E-state index in [0.29, 0.717) is 25.4 Å². The molecule has 6 nitrogen and oxygen atoms in total. The molecule has 1 saturated carbocycles. The maximum atomic E-state index is 5.71. The lowest BCUT2D eigenvalue weighted by Crippen LogP contribution is -2.49. The van der Waals surface area contributed by atoms with Gasteiger partial charge < -0.3 is 25.0 Å². The highest BCUT2D eigenvalue weighted by atomic mass is 127. The molecule has 2 saturated heterocycles. The summed E-state index contributed by atoms with van der Waals surface area (Å²) < 4.78 is 11.3. The minimum absolute atomic E-state index is 0. The molecule has 1 atom stereocenters. The number of hydrogen-bond donors (Lipinski definition) is 2. The lowest BCUT2D eigenvalue weighted by Gasteiger charge is -2.36. The third kappa shape index (κ3) is 8.71. The number of rotatable bonds is 8. The molecule has 3 rings (SSSR count). The van der Waals surface area contributed by atoms with Crippen molar-refractivity contribution in [3.63, 3.8) is 0 Å². The summed E-state index contributed by atoms with van der Waals surface area (Å²) in [5, 5.41) is 6.97. The molecule has 0 aromatic heterocycles. The highest BCUT2D eigenvalue weighted by Crippen LogP contribution is 2.25. The van der Waals surface area contributed by atoms with Gasteiger partial charge in [0.1, 0.15) is 0 Å². The van der Waals surface area contributed by atoms with Crippen LogP contribution in [0.5, 0.6) is 0 Å². The van der Waals surface area contributed by atoms with Gasteiger partial charge in [0, 0.05) is 45.9 Å². The third-order valence-corrected chi connectivity index (χ3v) is 6.26. The number of nitrogens with one attached hydrogen (secondary N) is 2. The number of nitrogens with zero attached hydrogens (tertiary/aromatic N) is 2. The van der Waals surface area contributed by atoms with Gasteiger partial charge >= 0.3 is 0 Å². The monoisotopic (exact) mass is 508 g/mol. The minimum Gasteiger partial charge on any atom is -0.377 e. The molecule has 2 N–H and O–H groups in total. The Balaban J connectivity index is 0.00000280. The van der Waals surface area contributed by atoms with Crippen LogP contribution in [0.1, 0.15) is 57.8 Å². The SMILES string of the molecule is CN=C(NCCOCC1CCCO1)NC1CCN(CC2CCCCC2)CC1.I. The Hall–Kier alpha value is -0.120. The molecule has 0 radical (unpaired) electrons. The standard InChI is InChI=1S/C21H40N4O2.HI/c1-22-21(23-11-15-26-17-20-8-5-14-27-20)24-19-9-12-25(13-10-19)16-18-6-3-2-4-7-18;/h18-20H,2-17H2,1H3,(H2,22,23,24);1H. The first-order chi connectivity index (χ1) is 13.3. The van der Waals surface area contributed by atoms with Gasteiger partial charge in [0.2, 0.25) is 0 Å². The Kier molecular flexibility index (Phi) is 12.1. The van der Waals surface area contributed by atoms with Gasteiger partial charge in [0.05, 0.1) is 19.3 Å².